The van der Waals surface area contributed by atoms with Crippen molar-refractivity contribution >= 4 is 24.0 Å². The van der Waals surface area contributed by atoms with E-state index in [9.17, 15) is 19.8 Å². The largest absolute Gasteiger partial charge is 0.507 e. The molecule has 0 aliphatic carbocycles. The van der Waals surface area contributed by atoms with Gasteiger partial charge in [-0.05, 0) is 30.3 Å². The molecule has 1 aliphatic heterocycles. The molecular formula is C21H22N2O5S. The number of aliphatic hydroxyl groups is 1. The topological polar surface area (TPSA) is 100.0 Å². The van der Waals surface area contributed by atoms with Crippen LogP contribution in [0.25, 0.3) is 0 Å². The van der Waals surface area contributed by atoms with Gasteiger partial charge in [-0.1, -0.05) is 6.07 Å². The number of aromatic nitrogens is 1. The molecule has 1 aromatic carbocycles. The summed E-state index contributed by atoms with van der Waals surface area (Å²) >= 11 is 1.72. The van der Waals surface area contributed by atoms with Crippen molar-refractivity contribution in [3.63, 3.8) is 0 Å². The van der Waals surface area contributed by atoms with Gasteiger partial charge in [-0.2, -0.15) is 11.8 Å². The Morgan fingerprint density at radius 2 is 2.17 bits per heavy atom. The number of nitrogens with zero attached hydrogens (tertiary/aromatic N) is 2. The summed E-state index contributed by atoms with van der Waals surface area (Å²) in [6, 6.07) is 8.06. The van der Waals surface area contributed by atoms with E-state index in [2.05, 4.69) is 4.98 Å². The smallest absolute Gasteiger partial charge is 0.259 e. The van der Waals surface area contributed by atoms with Crippen molar-refractivity contribution in [3.8, 4) is 11.5 Å². The van der Waals surface area contributed by atoms with Gasteiger partial charge in [-0.15, -0.1) is 0 Å². The molecule has 7 nitrogen and oxygen atoms in total. The molecule has 0 atom stereocenters. The van der Waals surface area contributed by atoms with Crippen molar-refractivity contribution in [2.75, 3.05) is 31.3 Å². The Balaban J connectivity index is 1.77. The molecule has 0 unspecified atom stereocenters. The van der Waals surface area contributed by atoms with Gasteiger partial charge in [0.2, 0.25) is 0 Å². The van der Waals surface area contributed by atoms with E-state index in [1.165, 1.54) is 6.07 Å². The van der Waals surface area contributed by atoms with Crippen LogP contribution in [0.5, 0.6) is 11.5 Å². The molecule has 1 aliphatic rings. The molecule has 8 heteroatoms. The molecule has 0 saturated carbocycles. The van der Waals surface area contributed by atoms with E-state index in [1.54, 1.807) is 47.1 Å². The highest BCUT2D eigenvalue weighted by Crippen LogP contribution is 2.26. The summed E-state index contributed by atoms with van der Waals surface area (Å²) in [5.41, 5.74) is 1.97. The average Bonchev–Trinajstić information content (AvgIpc) is 2.74. The number of aromatic hydroxyl groups is 1. The van der Waals surface area contributed by atoms with E-state index < -0.39 is 0 Å². The van der Waals surface area contributed by atoms with Gasteiger partial charge in [0.05, 0.1) is 16.8 Å². The number of amides is 1. The summed E-state index contributed by atoms with van der Waals surface area (Å²) in [6.07, 6.45) is 4.29. The monoisotopic (exact) mass is 414 g/mol. The van der Waals surface area contributed by atoms with Crippen LogP contribution in [0.3, 0.4) is 0 Å². The van der Waals surface area contributed by atoms with Crippen LogP contribution in [-0.4, -0.2) is 63.6 Å². The number of phenolic OH excluding ortho intramolecular Hbond substituents is 1. The minimum Gasteiger partial charge on any atom is -0.507 e. The Bertz CT molecular complexity index is 916. The zero-order valence-electron chi connectivity index (χ0n) is 15.8. The number of rotatable bonds is 7. The minimum atomic E-state index is -0.154. The second-order valence-electron chi connectivity index (χ2n) is 6.29. The molecule has 2 aromatic rings. The highest BCUT2D eigenvalue weighted by atomic mass is 32.2. The number of ether oxygens (including phenoxy) is 1. The van der Waals surface area contributed by atoms with Gasteiger partial charge >= 0.3 is 0 Å². The number of carbonyl (C=O) groups is 2. The fourth-order valence-corrected chi connectivity index (χ4v) is 3.98. The summed E-state index contributed by atoms with van der Waals surface area (Å²) in [4.78, 5) is 30.2. The maximum atomic E-state index is 13.1. The Hall–Kier alpha value is -2.84. The second kappa shape index (κ2) is 10.1. The van der Waals surface area contributed by atoms with Crippen molar-refractivity contribution in [3.05, 3.63) is 65.1 Å². The van der Waals surface area contributed by atoms with Crippen LogP contribution in [0.4, 0.5) is 0 Å². The van der Waals surface area contributed by atoms with Gasteiger partial charge < -0.3 is 19.8 Å². The number of aldehydes is 1. The van der Waals surface area contributed by atoms with Crippen LogP contribution in [0.1, 0.15) is 26.4 Å². The molecule has 29 heavy (non-hydrogen) atoms. The van der Waals surface area contributed by atoms with Crippen molar-refractivity contribution in [2.45, 2.75) is 6.42 Å². The number of hydrogen-bond acceptors (Lipinski definition) is 7. The summed E-state index contributed by atoms with van der Waals surface area (Å²) in [7, 11) is 0. The molecule has 1 aromatic heterocycles. The molecule has 1 amide bonds. The molecular weight excluding hydrogens is 392 g/mol. The zero-order valence-corrected chi connectivity index (χ0v) is 16.6. The van der Waals surface area contributed by atoms with E-state index in [0.29, 0.717) is 36.3 Å². The third kappa shape index (κ3) is 4.96. The Labute approximate surface area is 173 Å². The van der Waals surface area contributed by atoms with E-state index in [1.807, 2.05) is 6.08 Å². The van der Waals surface area contributed by atoms with Crippen molar-refractivity contribution in [2.24, 2.45) is 0 Å². The van der Waals surface area contributed by atoms with Crippen molar-refractivity contribution < 1.29 is 24.5 Å². The lowest BCUT2D eigenvalue weighted by molar-refractivity contribution is 0.0809. The second-order valence-corrected chi connectivity index (χ2v) is 7.40. The molecule has 2 heterocycles. The number of phenols is 1. The summed E-state index contributed by atoms with van der Waals surface area (Å²) in [5, 5.41) is 19.0. The van der Waals surface area contributed by atoms with Gasteiger partial charge in [0.25, 0.3) is 5.91 Å². The van der Waals surface area contributed by atoms with Crippen LogP contribution in [0.15, 0.2) is 48.3 Å². The number of aliphatic hydroxyl groups excluding tert-OH is 1. The first-order chi connectivity index (χ1) is 14.2. The molecule has 2 N–H and O–H groups in total. The first-order valence-electron chi connectivity index (χ1n) is 9.19. The Kier molecular flexibility index (Phi) is 7.26. The lowest BCUT2D eigenvalue weighted by Crippen LogP contribution is -2.37. The molecule has 0 radical (unpaired) electrons. The van der Waals surface area contributed by atoms with Gasteiger partial charge in [0, 0.05) is 43.0 Å². The summed E-state index contributed by atoms with van der Waals surface area (Å²) in [5.74, 6) is 1.48. The van der Waals surface area contributed by atoms with E-state index >= 15 is 0 Å². The standard InChI is InChI=1S/C21H22N2O5S/c24-10-6-18-16(3-2-8-22-18)21(27)23-9-12-29-14-15(23)7-11-28-20-5-1-4-19(26)17(20)13-25/h1-5,7-8,13,24,26H,6,9-12,14H2/b15-7+. The minimum absolute atomic E-state index is 0.0767. The van der Waals surface area contributed by atoms with Crippen LogP contribution in [-0.2, 0) is 6.42 Å². The number of carbonyl (C=O) groups excluding carboxylic acids is 2. The van der Waals surface area contributed by atoms with Crippen LogP contribution < -0.4 is 4.74 Å². The molecule has 3 rings (SSSR count). The van der Waals surface area contributed by atoms with Crippen LogP contribution in [0.2, 0.25) is 0 Å². The zero-order chi connectivity index (χ0) is 20.6. The molecule has 1 fully saturated rings. The van der Waals surface area contributed by atoms with Gasteiger partial charge in [0.15, 0.2) is 6.29 Å². The number of pyridine rings is 1. The van der Waals surface area contributed by atoms with Crippen LogP contribution >= 0.6 is 11.8 Å². The average molecular weight is 414 g/mol. The predicted molar refractivity (Wildman–Crippen MR) is 110 cm³/mol. The number of thioether (sulfide) groups is 1. The van der Waals surface area contributed by atoms with Gasteiger partial charge in [0.1, 0.15) is 18.1 Å². The maximum Gasteiger partial charge on any atom is 0.259 e. The van der Waals surface area contributed by atoms with Gasteiger partial charge in [-0.3, -0.25) is 14.6 Å². The predicted octanol–water partition coefficient (Wildman–Crippen LogP) is 2.29. The fraction of sp³-hybridized carbons (Fsp3) is 0.286. The summed E-state index contributed by atoms with van der Waals surface area (Å²) in [6.45, 7) is 0.641. The fourth-order valence-electron chi connectivity index (χ4n) is 3.04. The lowest BCUT2D eigenvalue weighted by Gasteiger charge is -2.30. The number of benzene rings is 1. The SMILES string of the molecule is O=Cc1c(O)cccc1OC/C=C1\CSCCN1C(=O)c1cccnc1CCO. The van der Waals surface area contributed by atoms with E-state index in [-0.39, 0.29) is 36.2 Å². The highest BCUT2D eigenvalue weighted by Gasteiger charge is 2.25. The highest BCUT2D eigenvalue weighted by molar-refractivity contribution is 7.99. The molecule has 152 valence electrons. The Morgan fingerprint density at radius 3 is 2.97 bits per heavy atom. The van der Waals surface area contributed by atoms with Crippen molar-refractivity contribution in [1.82, 2.24) is 9.88 Å². The first kappa shape index (κ1) is 20.9. The molecule has 0 bridgehead atoms. The normalized spacial score (nSPS) is 15.3. The van der Waals surface area contributed by atoms with E-state index in [0.717, 1.165) is 11.4 Å². The first-order valence-corrected chi connectivity index (χ1v) is 10.3. The van der Waals surface area contributed by atoms with E-state index in [4.69, 9.17) is 4.74 Å². The Morgan fingerprint density at radius 1 is 1.31 bits per heavy atom. The van der Waals surface area contributed by atoms with Crippen LogP contribution in [0, 0.1) is 0 Å². The maximum absolute atomic E-state index is 13.1. The third-order valence-corrected chi connectivity index (χ3v) is 5.46. The summed E-state index contributed by atoms with van der Waals surface area (Å²) < 4.78 is 5.65. The number of hydrogen-bond donors (Lipinski definition) is 2. The quantitative estimate of drug-likeness (QED) is 0.671. The van der Waals surface area contributed by atoms with Crippen molar-refractivity contribution in [1.29, 1.82) is 0 Å². The molecule has 1 saturated heterocycles. The lowest BCUT2D eigenvalue weighted by atomic mass is 10.1. The third-order valence-electron chi connectivity index (χ3n) is 4.49. The van der Waals surface area contributed by atoms with Gasteiger partial charge in [-0.25, -0.2) is 0 Å². The molecule has 0 spiro atoms.